The Morgan fingerprint density at radius 2 is 1.67 bits per heavy atom. The maximum atomic E-state index is 5.95. The fraction of sp³-hybridized carbons (Fsp3) is 0.150. The van der Waals surface area contributed by atoms with E-state index in [-0.39, 0.29) is 0 Å². The molecule has 0 amide bonds. The molecule has 2 nitrogen and oxygen atoms in total. The Morgan fingerprint density at radius 3 is 2.33 bits per heavy atom. The highest BCUT2D eigenvalue weighted by atomic mass is 35.5. The molecular formula is C20H17ClN2S. The summed E-state index contributed by atoms with van der Waals surface area (Å²) < 4.78 is 2.12. The molecule has 0 unspecified atom stereocenters. The molecule has 2 heterocycles. The lowest BCUT2D eigenvalue weighted by Gasteiger charge is -2.00. The maximum Gasteiger partial charge on any atom is 0.194 e. The number of hydrogen-bond acceptors (Lipinski definition) is 2. The van der Waals surface area contributed by atoms with Crippen molar-refractivity contribution in [2.75, 3.05) is 0 Å². The summed E-state index contributed by atoms with van der Waals surface area (Å²) in [6.45, 7) is 2.18. The summed E-state index contributed by atoms with van der Waals surface area (Å²) in [5.74, 6) is 0. The first-order valence-electron chi connectivity index (χ1n) is 8.02. The van der Waals surface area contributed by atoms with Gasteiger partial charge in [0.05, 0.1) is 5.69 Å². The van der Waals surface area contributed by atoms with Crippen molar-refractivity contribution in [2.45, 2.75) is 19.8 Å². The molecule has 4 aromatic rings. The third kappa shape index (κ3) is 3.10. The van der Waals surface area contributed by atoms with E-state index >= 15 is 0 Å². The van der Waals surface area contributed by atoms with Crippen LogP contribution in [0.1, 0.15) is 22.9 Å². The van der Waals surface area contributed by atoms with Crippen molar-refractivity contribution in [1.29, 1.82) is 0 Å². The van der Waals surface area contributed by atoms with Gasteiger partial charge in [-0.1, -0.05) is 54.9 Å². The minimum Gasteiger partial charge on any atom is -0.297 e. The number of aryl methyl sites for hydroxylation is 1. The zero-order valence-corrected chi connectivity index (χ0v) is 14.9. The van der Waals surface area contributed by atoms with Crippen LogP contribution in [0.2, 0.25) is 5.02 Å². The van der Waals surface area contributed by atoms with E-state index < -0.39 is 0 Å². The molecule has 0 spiro atoms. The van der Waals surface area contributed by atoms with Gasteiger partial charge in [0, 0.05) is 34.3 Å². The van der Waals surface area contributed by atoms with Crippen LogP contribution in [-0.4, -0.2) is 9.38 Å². The topological polar surface area (TPSA) is 17.3 Å². The highest BCUT2D eigenvalue weighted by Crippen LogP contribution is 2.26. The average Bonchev–Trinajstić information content (AvgIpc) is 3.14. The smallest absolute Gasteiger partial charge is 0.194 e. The number of thiazole rings is 1. The van der Waals surface area contributed by atoms with Crippen molar-refractivity contribution < 1.29 is 0 Å². The number of hydrogen-bond donors (Lipinski definition) is 0. The Morgan fingerprint density at radius 1 is 0.958 bits per heavy atom. The molecular weight excluding hydrogens is 336 g/mol. The van der Waals surface area contributed by atoms with Gasteiger partial charge in [0.25, 0.3) is 0 Å². The van der Waals surface area contributed by atoms with E-state index in [1.165, 1.54) is 16.0 Å². The minimum absolute atomic E-state index is 0.746. The first kappa shape index (κ1) is 15.4. The van der Waals surface area contributed by atoms with Crippen LogP contribution >= 0.6 is 22.9 Å². The molecule has 4 rings (SSSR count). The summed E-state index contributed by atoms with van der Waals surface area (Å²) in [5.41, 5.74) is 4.80. The second-order valence-corrected chi connectivity index (χ2v) is 7.40. The number of benzene rings is 2. The second-order valence-electron chi connectivity index (χ2n) is 5.87. The largest absolute Gasteiger partial charge is 0.297 e. The van der Waals surface area contributed by atoms with E-state index in [1.54, 1.807) is 11.3 Å². The maximum absolute atomic E-state index is 5.95. The molecule has 0 N–H and O–H groups in total. The summed E-state index contributed by atoms with van der Waals surface area (Å²) in [6, 6.07) is 16.7. The molecule has 0 fully saturated rings. The highest BCUT2D eigenvalue weighted by molar-refractivity contribution is 7.17. The summed E-state index contributed by atoms with van der Waals surface area (Å²) in [5, 5.41) is 0.746. The zero-order valence-electron chi connectivity index (χ0n) is 13.4. The Balaban J connectivity index is 1.57. The van der Waals surface area contributed by atoms with Crippen LogP contribution in [0.25, 0.3) is 16.2 Å². The molecule has 0 saturated heterocycles. The first-order valence-corrected chi connectivity index (χ1v) is 9.22. The van der Waals surface area contributed by atoms with E-state index in [9.17, 15) is 0 Å². The number of rotatable bonds is 4. The van der Waals surface area contributed by atoms with Gasteiger partial charge in [0.2, 0.25) is 0 Å². The molecule has 0 bridgehead atoms. The van der Waals surface area contributed by atoms with E-state index in [0.717, 1.165) is 34.1 Å². The number of fused-ring (bicyclic) bond motifs is 1. The van der Waals surface area contributed by atoms with Crippen molar-refractivity contribution in [3.8, 4) is 11.3 Å². The molecule has 0 atom stereocenters. The Labute approximate surface area is 150 Å². The molecule has 4 heteroatoms. The van der Waals surface area contributed by atoms with Crippen LogP contribution in [0.3, 0.4) is 0 Å². The van der Waals surface area contributed by atoms with Crippen molar-refractivity contribution >= 4 is 27.9 Å². The van der Waals surface area contributed by atoms with Crippen LogP contribution in [0.4, 0.5) is 0 Å². The minimum atomic E-state index is 0.746. The third-order valence-electron chi connectivity index (χ3n) is 4.15. The van der Waals surface area contributed by atoms with Gasteiger partial charge in [-0.05, 0) is 29.7 Å². The lowest BCUT2D eigenvalue weighted by atomic mass is 10.1. The summed E-state index contributed by atoms with van der Waals surface area (Å²) in [6.07, 6.45) is 6.30. The quantitative estimate of drug-likeness (QED) is 0.449. The molecule has 0 aliphatic rings. The lowest BCUT2D eigenvalue weighted by molar-refractivity contribution is 1.12. The third-order valence-corrected chi connectivity index (χ3v) is 5.40. The molecule has 0 aliphatic heterocycles. The van der Waals surface area contributed by atoms with Crippen molar-refractivity contribution in [2.24, 2.45) is 0 Å². The van der Waals surface area contributed by atoms with Gasteiger partial charge in [-0.25, -0.2) is 4.98 Å². The van der Waals surface area contributed by atoms with E-state index in [0.29, 0.717) is 0 Å². The van der Waals surface area contributed by atoms with Crippen molar-refractivity contribution in [1.82, 2.24) is 9.38 Å². The average molecular weight is 353 g/mol. The molecule has 120 valence electrons. The van der Waals surface area contributed by atoms with Gasteiger partial charge >= 0.3 is 0 Å². The standard InChI is InChI=1S/C20H17ClN2S/c1-2-14-3-5-15(6-4-14)11-18-12-23-13-19(22-20(23)24-18)16-7-9-17(21)10-8-16/h3-10,12-13H,2,11H2,1H3. The monoisotopic (exact) mass is 352 g/mol. The summed E-state index contributed by atoms with van der Waals surface area (Å²) in [4.78, 5) is 7.09. The SMILES string of the molecule is CCc1ccc(Cc2cn3cc(-c4ccc(Cl)cc4)nc3s2)cc1. The molecule has 2 aromatic carbocycles. The van der Waals surface area contributed by atoms with Gasteiger partial charge in [0.1, 0.15) is 0 Å². The van der Waals surface area contributed by atoms with Crippen molar-refractivity contribution in [3.05, 3.63) is 82.0 Å². The predicted octanol–water partition coefficient (Wildman–Crippen LogP) is 5.87. The zero-order chi connectivity index (χ0) is 16.5. The number of aromatic nitrogens is 2. The fourth-order valence-electron chi connectivity index (χ4n) is 2.78. The fourth-order valence-corrected chi connectivity index (χ4v) is 3.90. The summed E-state index contributed by atoms with van der Waals surface area (Å²) in [7, 11) is 0. The van der Waals surface area contributed by atoms with Crippen molar-refractivity contribution in [3.63, 3.8) is 0 Å². The summed E-state index contributed by atoms with van der Waals surface area (Å²) >= 11 is 7.70. The predicted molar refractivity (Wildman–Crippen MR) is 102 cm³/mol. The van der Waals surface area contributed by atoms with E-state index in [2.05, 4.69) is 48.0 Å². The van der Waals surface area contributed by atoms with Crippen LogP contribution in [0, 0.1) is 0 Å². The molecule has 0 saturated carbocycles. The van der Waals surface area contributed by atoms with Gasteiger partial charge in [0.15, 0.2) is 4.96 Å². The number of imidazole rings is 1. The molecule has 2 aromatic heterocycles. The van der Waals surface area contributed by atoms with Crippen LogP contribution in [0.5, 0.6) is 0 Å². The van der Waals surface area contributed by atoms with E-state index in [4.69, 9.17) is 16.6 Å². The van der Waals surface area contributed by atoms with Crippen LogP contribution in [-0.2, 0) is 12.8 Å². The Kier molecular flexibility index (Phi) is 4.13. The van der Waals surface area contributed by atoms with Gasteiger partial charge in [-0.3, -0.25) is 4.40 Å². The highest BCUT2D eigenvalue weighted by Gasteiger charge is 2.09. The van der Waals surface area contributed by atoms with Gasteiger partial charge in [-0.2, -0.15) is 0 Å². The van der Waals surface area contributed by atoms with Gasteiger partial charge in [-0.15, -0.1) is 11.3 Å². The number of nitrogens with zero attached hydrogens (tertiary/aromatic N) is 2. The Hall–Kier alpha value is -2.10. The van der Waals surface area contributed by atoms with E-state index in [1.807, 2.05) is 24.3 Å². The molecule has 0 radical (unpaired) electrons. The van der Waals surface area contributed by atoms with Crippen LogP contribution < -0.4 is 0 Å². The Bertz CT molecular complexity index is 934. The lowest BCUT2D eigenvalue weighted by Crippen LogP contribution is -1.86. The second kappa shape index (κ2) is 6.42. The van der Waals surface area contributed by atoms with Crippen LogP contribution in [0.15, 0.2) is 60.9 Å². The molecule has 24 heavy (non-hydrogen) atoms. The molecule has 0 aliphatic carbocycles. The first-order chi connectivity index (χ1) is 11.7. The number of halogens is 1. The van der Waals surface area contributed by atoms with Gasteiger partial charge < -0.3 is 0 Å². The normalized spacial score (nSPS) is 11.2.